The summed E-state index contributed by atoms with van der Waals surface area (Å²) in [5.74, 6) is 0. The first-order chi connectivity index (χ1) is 14.2. The molecule has 2 aliphatic heterocycles. The summed E-state index contributed by atoms with van der Waals surface area (Å²) in [7, 11) is -2.33. The second-order valence-electron chi connectivity index (χ2n) is 11.9. The highest BCUT2D eigenvalue weighted by Crippen LogP contribution is 2.41. The number of carbonyl (C=O) groups excluding carboxylic acids is 1. The van der Waals surface area contributed by atoms with Crippen LogP contribution in [0.3, 0.4) is 0 Å². The number of ether oxygens (including phenoxy) is 3. The zero-order valence-corrected chi connectivity index (χ0v) is 22.4. The Labute approximate surface area is 193 Å². The van der Waals surface area contributed by atoms with E-state index in [1.54, 1.807) is 41.5 Å². The van der Waals surface area contributed by atoms with Crippen molar-refractivity contribution in [1.29, 1.82) is 0 Å². The van der Waals surface area contributed by atoms with Gasteiger partial charge < -0.3 is 34.0 Å². The van der Waals surface area contributed by atoms with E-state index in [0.717, 1.165) is 0 Å². The fourth-order valence-electron chi connectivity index (χ4n) is 4.03. The molecule has 1 unspecified atom stereocenters. The number of nitrogens with zero attached hydrogens (tertiary/aromatic N) is 1. The van der Waals surface area contributed by atoms with Crippen LogP contribution in [-0.4, -0.2) is 88.8 Å². The van der Waals surface area contributed by atoms with Crippen LogP contribution < -0.4 is 0 Å². The van der Waals surface area contributed by atoms with Gasteiger partial charge in [0.25, 0.3) is 0 Å². The van der Waals surface area contributed by atoms with Crippen molar-refractivity contribution < 1.29 is 38.8 Å². The second-order valence-corrected chi connectivity index (χ2v) is 16.7. The Balaban J connectivity index is 2.28. The fourth-order valence-corrected chi connectivity index (χ4v) is 5.32. The quantitative estimate of drug-likeness (QED) is 0.529. The van der Waals surface area contributed by atoms with E-state index >= 15 is 0 Å². The lowest BCUT2D eigenvalue weighted by Gasteiger charge is -2.40. The topological polar surface area (TPSA) is 118 Å². The number of hydrogen-bond acceptors (Lipinski definition) is 8. The predicted octanol–water partition coefficient (Wildman–Crippen LogP) is 2.58. The maximum Gasteiger partial charge on any atom is 0.413 e. The molecular formula is C22H43NO8Si. The molecule has 2 saturated heterocycles. The SMILES string of the molecule is C[C@@H]1OC(C)(C)N(C(=O)OC(C)(C)C)[C@H]1[C@@H](O)[C@@H]1OC(O)[C@H](O[Si](C)(C)C(C)(C)C)[C@H]1O. The van der Waals surface area contributed by atoms with Crippen LogP contribution >= 0.6 is 0 Å². The predicted molar refractivity (Wildman–Crippen MR) is 121 cm³/mol. The van der Waals surface area contributed by atoms with Crippen molar-refractivity contribution in [3.05, 3.63) is 0 Å². The number of aliphatic hydroxyl groups excluding tert-OH is 3. The highest BCUT2D eigenvalue weighted by Gasteiger charge is 2.58. The van der Waals surface area contributed by atoms with Crippen LogP contribution in [0.5, 0.6) is 0 Å². The molecular weight excluding hydrogens is 434 g/mol. The van der Waals surface area contributed by atoms with E-state index < -0.39 is 68.6 Å². The number of carbonyl (C=O) groups is 1. The fraction of sp³-hybridized carbons (Fsp3) is 0.955. The van der Waals surface area contributed by atoms with Crippen molar-refractivity contribution in [2.24, 2.45) is 0 Å². The van der Waals surface area contributed by atoms with E-state index in [4.69, 9.17) is 18.6 Å². The molecule has 0 radical (unpaired) electrons. The van der Waals surface area contributed by atoms with E-state index in [0.29, 0.717) is 0 Å². The highest BCUT2D eigenvalue weighted by atomic mass is 28.4. The van der Waals surface area contributed by atoms with Crippen molar-refractivity contribution >= 4 is 14.4 Å². The molecule has 0 spiro atoms. The Morgan fingerprint density at radius 1 is 1.12 bits per heavy atom. The molecule has 2 heterocycles. The minimum absolute atomic E-state index is 0.144. The molecule has 0 aromatic heterocycles. The maximum atomic E-state index is 13.0. The lowest BCUT2D eigenvalue weighted by molar-refractivity contribution is -0.153. The molecule has 0 aliphatic carbocycles. The Morgan fingerprint density at radius 2 is 1.66 bits per heavy atom. The normalized spacial score (nSPS) is 34.6. The third-order valence-corrected chi connectivity index (χ3v) is 11.1. The Hall–Kier alpha value is -0.753. The molecule has 1 amide bonds. The summed E-state index contributed by atoms with van der Waals surface area (Å²) in [6.45, 7) is 20.6. The Kier molecular flexibility index (Phi) is 7.55. The lowest BCUT2D eigenvalue weighted by atomic mass is 9.96. The zero-order valence-electron chi connectivity index (χ0n) is 21.4. The third kappa shape index (κ3) is 5.48. The summed E-state index contributed by atoms with van der Waals surface area (Å²) in [5.41, 5.74) is -1.79. The van der Waals surface area contributed by atoms with Gasteiger partial charge in [-0.3, -0.25) is 4.90 Å². The van der Waals surface area contributed by atoms with Crippen LogP contribution in [-0.2, 0) is 18.6 Å². The Bertz CT molecular complexity index is 686. The number of aliphatic hydroxyl groups is 3. The van der Waals surface area contributed by atoms with Gasteiger partial charge in [-0.2, -0.15) is 0 Å². The molecule has 2 rings (SSSR count). The van der Waals surface area contributed by atoms with E-state index in [1.165, 1.54) is 4.90 Å². The van der Waals surface area contributed by atoms with Crippen molar-refractivity contribution in [1.82, 2.24) is 4.90 Å². The first-order valence-corrected chi connectivity index (χ1v) is 14.2. The number of hydrogen-bond donors (Lipinski definition) is 3. The molecule has 188 valence electrons. The largest absolute Gasteiger partial charge is 0.444 e. The molecule has 0 saturated carbocycles. The molecule has 9 nitrogen and oxygen atoms in total. The summed E-state index contributed by atoms with van der Waals surface area (Å²) in [5, 5.41) is 32.6. The minimum Gasteiger partial charge on any atom is -0.444 e. The average molecular weight is 478 g/mol. The third-order valence-electron chi connectivity index (χ3n) is 6.60. The number of rotatable bonds is 4. The second kappa shape index (κ2) is 8.79. The van der Waals surface area contributed by atoms with Crippen molar-refractivity contribution in [3.8, 4) is 0 Å². The molecule has 32 heavy (non-hydrogen) atoms. The van der Waals surface area contributed by atoms with E-state index in [9.17, 15) is 20.1 Å². The van der Waals surface area contributed by atoms with Gasteiger partial charge in [0, 0.05) is 0 Å². The standard InChI is InChI=1S/C22H43NO8Si/c1-12-13(23(22(8,9)29-12)19(27)30-20(2,3)4)14(24)16-15(25)17(18(26)28-16)31-32(10,11)21(5,6)7/h12-18,24-26H,1-11H3/t12-,13+,14+,15-,16-,17+,18?/m0/s1. The lowest BCUT2D eigenvalue weighted by Crippen LogP contribution is -2.58. The van der Waals surface area contributed by atoms with Gasteiger partial charge in [-0.15, -0.1) is 0 Å². The van der Waals surface area contributed by atoms with Crippen molar-refractivity contribution in [2.45, 2.75) is 135 Å². The smallest absolute Gasteiger partial charge is 0.413 e. The summed E-state index contributed by atoms with van der Waals surface area (Å²) in [6, 6.07) is -0.863. The minimum atomic E-state index is -2.33. The van der Waals surface area contributed by atoms with Crippen LogP contribution in [0, 0.1) is 0 Å². The summed E-state index contributed by atoms with van der Waals surface area (Å²) >= 11 is 0. The first kappa shape index (κ1) is 27.5. The molecule has 0 aromatic rings. The monoisotopic (exact) mass is 477 g/mol. The molecule has 0 bridgehead atoms. The summed E-state index contributed by atoms with van der Waals surface area (Å²) in [6.07, 6.45) is -7.42. The average Bonchev–Trinajstić information content (AvgIpc) is 2.97. The van der Waals surface area contributed by atoms with Crippen LogP contribution in [0.15, 0.2) is 0 Å². The van der Waals surface area contributed by atoms with Gasteiger partial charge >= 0.3 is 6.09 Å². The van der Waals surface area contributed by atoms with Crippen molar-refractivity contribution in [3.63, 3.8) is 0 Å². The first-order valence-electron chi connectivity index (χ1n) is 11.3. The molecule has 2 aliphatic rings. The summed E-state index contributed by atoms with van der Waals surface area (Å²) < 4.78 is 23.3. The van der Waals surface area contributed by atoms with Gasteiger partial charge in [0.1, 0.15) is 35.7 Å². The zero-order chi connectivity index (χ0) is 25.0. The van der Waals surface area contributed by atoms with E-state index in [1.807, 2.05) is 13.1 Å². The van der Waals surface area contributed by atoms with Gasteiger partial charge in [-0.25, -0.2) is 4.79 Å². The van der Waals surface area contributed by atoms with Crippen LogP contribution in [0.1, 0.15) is 62.3 Å². The molecule has 10 heteroatoms. The Morgan fingerprint density at radius 3 is 2.12 bits per heavy atom. The van der Waals surface area contributed by atoms with Gasteiger partial charge in [0.15, 0.2) is 14.6 Å². The van der Waals surface area contributed by atoms with Gasteiger partial charge in [0.05, 0.1) is 12.1 Å². The van der Waals surface area contributed by atoms with Gasteiger partial charge in [-0.1, -0.05) is 20.8 Å². The van der Waals surface area contributed by atoms with Gasteiger partial charge in [0.2, 0.25) is 0 Å². The molecule has 2 fully saturated rings. The molecule has 0 aromatic carbocycles. The van der Waals surface area contributed by atoms with Crippen molar-refractivity contribution in [2.75, 3.05) is 0 Å². The summed E-state index contributed by atoms with van der Waals surface area (Å²) in [4.78, 5) is 14.3. The van der Waals surface area contributed by atoms with Crippen LogP contribution in [0.2, 0.25) is 18.1 Å². The van der Waals surface area contributed by atoms with E-state index in [2.05, 4.69) is 20.8 Å². The maximum absolute atomic E-state index is 13.0. The molecule has 7 atom stereocenters. The van der Waals surface area contributed by atoms with E-state index in [-0.39, 0.29) is 5.04 Å². The highest BCUT2D eigenvalue weighted by molar-refractivity contribution is 6.74. The van der Waals surface area contributed by atoms with Gasteiger partial charge in [-0.05, 0) is 59.7 Å². The van der Waals surface area contributed by atoms with Crippen LogP contribution in [0.25, 0.3) is 0 Å². The molecule has 3 N–H and O–H groups in total. The van der Waals surface area contributed by atoms with Crippen LogP contribution in [0.4, 0.5) is 4.79 Å². The number of amides is 1.